The quantitative estimate of drug-likeness (QED) is 0.479. The lowest BCUT2D eigenvalue weighted by molar-refractivity contribution is 0.419. The molecule has 0 N–H and O–H groups in total. The molecule has 2 heterocycles. The molecular formula is C17H27N4OP. The van der Waals surface area contributed by atoms with Gasteiger partial charge >= 0.3 is 0 Å². The van der Waals surface area contributed by atoms with Crippen molar-refractivity contribution in [2.24, 2.45) is 4.99 Å². The molecule has 0 radical (unpaired) electrons. The molecule has 1 aromatic carbocycles. The average Bonchev–Trinajstić information content (AvgIpc) is 3.26. The standard InChI is InChI=1S/C17H27N4OP/c1-19(2)23(22,21-14-8-9-15-21)17(20-12-6-7-13-20)18-16-10-4-3-5-11-16/h3-5,10-11H,6-9,12-15H2,1-2H3/t23-/m1/s1. The molecule has 0 unspecified atom stereocenters. The van der Waals surface area contributed by atoms with Crippen molar-refractivity contribution in [2.45, 2.75) is 25.7 Å². The number of para-hydroxylation sites is 1. The van der Waals surface area contributed by atoms with Crippen LogP contribution in [0.3, 0.4) is 0 Å². The van der Waals surface area contributed by atoms with E-state index in [0.717, 1.165) is 63.1 Å². The molecule has 0 bridgehead atoms. The maximum Gasteiger partial charge on any atom is 0.279 e. The molecule has 0 aromatic heterocycles. The van der Waals surface area contributed by atoms with Gasteiger partial charge in [0.1, 0.15) is 0 Å². The van der Waals surface area contributed by atoms with Crippen molar-refractivity contribution in [2.75, 3.05) is 40.3 Å². The largest absolute Gasteiger partial charge is 0.352 e. The highest BCUT2D eigenvalue weighted by Crippen LogP contribution is 2.56. The zero-order valence-corrected chi connectivity index (χ0v) is 15.1. The number of rotatable bonds is 4. The van der Waals surface area contributed by atoms with Gasteiger partial charge in [-0.2, -0.15) is 0 Å². The van der Waals surface area contributed by atoms with Crippen LogP contribution in [0.1, 0.15) is 25.7 Å². The first kappa shape index (κ1) is 16.7. The fraction of sp³-hybridized carbons (Fsp3) is 0.588. The highest BCUT2D eigenvalue weighted by Gasteiger charge is 2.43. The Kier molecular flexibility index (Phi) is 5.20. The lowest BCUT2D eigenvalue weighted by atomic mass is 10.3. The number of hydrogen-bond acceptors (Lipinski definition) is 2. The zero-order chi connectivity index (χ0) is 16.3. The Balaban J connectivity index is 2.05. The lowest BCUT2D eigenvalue weighted by Crippen LogP contribution is -2.38. The molecule has 126 valence electrons. The van der Waals surface area contributed by atoms with Crippen LogP contribution >= 0.6 is 7.44 Å². The summed E-state index contributed by atoms with van der Waals surface area (Å²) in [6, 6.07) is 9.93. The van der Waals surface area contributed by atoms with E-state index in [-0.39, 0.29) is 0 Å². The summed E-state index contributed by atoms with van der Waals surface area (Å²) in [5.41, 5.74) is 1.66. The Morgan fingerprint density at radius 1 is 1.00 bits per heavy atom. The van der Waals surface area contributed by atoms with Gasteiger partial charge in [0.05, 0.1) is 5.69 Å². The molecule has 3 rings (SSSR count). The normalized spacial score (nSPS) is 22.7. The molecule has 1 aromatic rings. The van der Waals surface area contributed by atoms with Gasteiger partial charge in [-0.25, -0.2) is 14.3 Å². The van der Waals surface area contributed by atoms with Crippen LogP contribution in [0.15, 0.2) is 35.3 Å². The molecule has 1 atom stereocenters. The molecule has 23 heavy (non-hydrogen) atoms. The Morgan fingerprint density at radius 3 is 2.13 bits per heavy atom. The van der Waals surface area contributed by atoms with E-state index in [1.807, 2.05) is 49.1 Å². The third-order valence-corrected chi connectivity index (χ3v) is 7.80. The Bertz CT molecular complexity index is 590. The summed E-state index contributed by atoms with van der Waals surface area (Å²) in [4.78, 5) is 7.12. The highest BCUT2D eigenvalue weighted by molar-refractivity contribution is 7.76. The van der Waals surface area contributed by atoms with Crippen molar-refractivity contribution in [3.05, 3.63) is 30.3 Å². The van der Waals surface area contributed by atoms with Crippen LogP contribution in [0, 0.1) is 0 Å². The molecule has 0 amide bonds. The number of aliphatic imine (C=N–C) groups is 1. The van der Waals surface area contributed by atoms with Crippen LogP contribution < -0.4 is 0 Å². The second-order valence-corrected chi connectivity index (χ2v) is 9.35. The minimum atomic E-state index is -2.82. The lowest BCUT2D eigenvalue weighted by Gasteiger charge is -2.37. The maximum atomic E-state index is 14.1. The Hall–Kier alpha value is -1.16. The third kappa shape index (κ3) is 3.37. The van der Waals surface area contributed by atoms with Crippen molar-refractivity contribution in [1.82, 2.24) is 14.2 Å². The average molecular weight is 334 g/mol. The minimum absolute atomic E-state index is 0.771. The molecule has 0 aliphatic carbocycles. The van der Waals surface area contributed by atoms with Gasteiger partial charge in [0, 0.05) is 26.2 Å². The predicted molar refractivity (Wildman–Crippen MR) is 96.4 cm³/mol. The van der Waals surface area contributed by atoms with Crippen LogP contribution in [0.5, 0.6) is 0 Å². The second-order valence-electron chi connectivity index (χ2n) is 6.49. The van der Waals surface area contributed by atoms with Gasteiger partial charge in [-0.1, -0.05) is 18.2 Å². The zero-order valence-electron chi connectivity index (χ0n) is 14.2. The van der Waals surface area contributed by atoms with Gasteiger partial charge in [0.15, 0.2) is 5.58 Å². The number of benzene rings is 1. The first-order valence-corrected chi connectivity index (χ1v) is 10.2. The van der Waals surface area contributed by atoms with E-state index in [2.05, 4.69) is 9.57 Å². The van der Waals surface area contributed by atoms with Gasteiger partial charge in [0.25, 0.3) is 7.44 Å². The second kappa shape index (κ2) is 7.16. The molecule has 2 saturated heterocycles. The smallest absolute Gasteiger partial charge is 0.279 e. The third-order valence-electron chi connectivity index (χ3n) is 4.64. The molecule has 2 fully saturated rings. The molecular weight excluding hydrogens is 307 g/mol. The molecule has 2 aliphatic heterocycles. The first-order chi connectivity index (χ1) is 11.1. The van der Waals surface area contributed by atoms with Gasteiger partial charge in [0.2, 0.25) is 0 Å². The fourth-order valence-corrected chi connectivity index (χ4v) is 6.14. The summed E-state index contributed by atoms with van der Waals surface area (Å²) in [6.45, 7) is 3.71. The summed E-state index contributed by atoms with van der Waals surface area (Å²) in [6.07, 6.45) is 4.55. The van der Waals surface area contributed by atoms with Gasteiger partial charge in [-0.3, -0.25) is 4.57 Å². The number of likely N-dealkylation sites (tertiary alicyclic amines) is 1. The Morgan fingerprint density at radius 2 is 1.57 bits per heavy atom. The van der Waals surface area contributed by atoms with Crippen molar-refractivity contribution in [3.63, 3.8) is 0 Å². The summed E-state index contributed by atoms with van der Waals surface area (Å²) in [5, 5.41) is 0. The summed E-state index contributed by atoms with van der Waals surface area (Å²) in [5.74, 6) is 0. The summed E-state index contributed by atoms with van der Waals surface area (Å²) in [7, 11) is 1.03. The SMILES string of the molecule is CN(C)[P@](=O)(C(=Nc1ccccc1)N1CCCC1)N1CCCC1. The van der Waals surface area contributed by atoms with Gasteiger partial charge < -0.3 is 4.90 Å². The van der Waals surface area contributed by atoms with Gasteiger partial charge in [-0.15, -0.1) is 0 Å². The van der Waals surface area contributed by atoms with Crippen LogP contribution in [-0.2, 0) is 4.57 Å². The van der Waals surface area contributed by atoms with Crippen LogP contribution in [0.4, 0.5) is 5.69 Å². The van der Waals surface area contributed by atoms with E-state index in [1.54, 1.807) is 0 Å². The van der Waals surface area contributed by atoms with E-state index in [0.29, 0.717) is 0 Å². The molecule has 5 nitrogen and oxygen atoms in total. The maximum absolute atomic E-state index is 14.1. The summed E-state index contributed by atoms with van der Waals surface area (Å²) >= 11 is 0. The minimum Gasteiger partial charge on any atom is -0.352 e. The van der Waals surface area contributed by atoms with Crippen molar-refractivity contribution >= 4 is 18.7 Å². The van der Waals surface area contributed by atoms with Gasteiger partial charge in [-0.05, 0) is 51.9 Å². The monoisotopic (exact) mass is 334 g/mol. The van der Waals surface area contributed by atoms with E-state index in [9.17, 15) is 4.57 Å². The van der Waals surface area contributed by atoms with Crippen LogP contribution in [-0.4, -0.2) is 60.1 Å². The number of amidine groups is 1. The fourth-order valence-electron chi connectivity index (χ4n) is 3.39. The van der Waals surface area contributed by atoms with E-state index >= 15 is 0 Å². The molecule has 0 spiro atoms. The molecule has 2 aliphatic rings. The molecule has 6 heteroatoms. The predicted octanol–water partition coefficient (Wildman–Crippen LogP) is 3.62. The highest BCUT2D eigenvalue weighted by atomic mass is 31.2. The summed E-state index contributed by atoms with van der Waals surface area (Å²) < 4.78 is 18.1. The van der Waals surface area contributed by atoms with Crippen molar-refractivity contribution < 1.29 is 4.57 Å². The van der Waals surface area contributed by atoms with Crippen LogP contribution in [0.2, 0.25) is 0 Å². The topological polar surface area (TPSA) is 39.2 Å². The van der Waals surface area contributed by atoms with E-state index in [1.165, 1.54) is 0 Å². The van der Waals surface area contributed by atoms with Crippen molar-refractivity contribution in [3.8, 4) is 0 Å². The molecule has 0 saturated carbocycles. The van der Waals surface area contributed by atoms with Crippen molar-refractivity contribution in [1.29, 1.82) is 0 Å². The number of hydrogen-bond donors (Lipinski definition) is 0. The van der Waals surface area contributed by atoms with E-state index < -0.39 is 7.44 Å². The Labute approximate surface area is 139 Å². The number of nitrogens with zero attached hydrogens (tertiary/aromatic N) is 4. The van der Waals surface area contributed by atoms with Crippen LogP contribution in [0.25, 0.3) is 0 Å². The first-order valence-electron chi connectivity index (χ1n) is 8.55. The van der Waals surface area contributed by atoms with E-state index in [4.69, 9.17) is 4.99 Å².